The van der Waals surface area contributed by atoms with Crippen LogP contribution in [0.3, 0.4) is 0 Å². The van der Waals surface area contributed by atoms with E-state index in [9.17, 15) is 18.0 Å². The molecule has 1 spiro atoms. The molecule has 4 rings (SSSR count). The molecule has 2 aromatic rings. The smallest absolute Gasteiger partial charge is 0.416 e. The third kappa shape index (κ3) is 4.95. The Labute approximate surface area is 191 Å². The van der Waals surface area contributed by atoms with Gasteiger partial charge in [0.1, 0.15) is 18.1 Å². The first-order valence-corrected chi connectivity index (χ1v) is 11.2. The van der Waals surface area contributed by atoms with Gasteiger partial charge >= 0.3 is 12.1 Å². The molecule has 8 heteroatoms. The van der Waals surface area contributed by atoms with Gasteiger partial charge in [0.15, 0.2) is 0 Å². The average molecular weight is 463 g/mol. The molecule has 1 N–H and O–H groups in total. The molecule has 0 unspecified atom stereocenters. The number of nitrogens with zero attached hydrogens (tertiary/aromatic N) is 1. The van der Waals surface area contributed by atoms with Crippen molar-refractivity contribution >= 4 is 5.97 Å². The lowest BCUT2D eigenvalue weighted by Crippen LogP contribution is -2.44. The van der Waals surface area contributed by atoms with Crippen molar-refractivity contribution in [1.82, 2.24) is 4.90 Å². The van der Waals surface area contributed by atoms with Gasteiger partial charge in [0, 0.05) is 29.2 Å². The van der Waals surface area contributed by atoms with Gasteiger partial charge in [-0.3, -0.25) is 4.79 Å². The number of aryl methyl sites for hydroxylation is 1. The third-order valence-corrected chi connectivity index (χ3v) is 6.83. The molecule has 0 saturated carbocycles. The van der Waals surface area contributed by atoms with E-state index in [0.29, 0.717) is 36.6 Å². The van der Waals surface area contributed by atoms with Crippen molar-refractivity contribution in [3.63, 3.8) is 0 Å². The first-order chi connectivity index (χ1) is 15.7. The number of alkyl halides is 3. The number of likely N-dealkylation sites (tertiary alicyclic amines) is 1. The number of hydrogen-bond acceptors (Lipinski definition) is 4. The average Bonchev–Trinajstić information content (AvgIpc) is 3.13. The van der Waals surface area contributed by atoms with Crippen LogP contribution >= 0.6 is 0 Å². The minimum absolute atomic E-state index is 0.105. The summed E-state index contributed by atoms with van der Waals surface area (Å²) in [5.41, 5.74) is 1.12. The number of carboxylic acid groups (broad SMARTS) is 1. The Morgan fingerprint density at radius 2 is 1.97 bits per heavy atom. The summed E-state index contributed by atoms with van der Waals surface area (Å²) >= 11 is 0. The highest BCUT2D eigenvalue weighted by Crippen LogP contribution is 2.47. The number of carbonyl (C=O) groups is 1. The van der Waals surface area contributed by atoms with Crippen LogP contribution in [0.5, 0.6) is 11.5 Å². The summed E-state index contributed by atoms with van der Waals surface area (Å²) < 4.78 is 52.2. The third-order valence-electron chi connectivity index (χ3n) is 6.83. The number of carboxylic acids is 1. The Kier molecular flexibility index (Phi) is 6.56. The summed E-state index contributed by atoms with van der Waals surface area (Å²) in [5, 5.41) is 8.89. The first kappa shape index (κ1) is 23.4. The van der Waals surface area contributed by atoms with Crippen LogP contribution in [0, 0.1) is 0 Å². The molecular formula is C25H28F3NO4. The molecule has 0 amide bonds. The van der Waals surface area contributed by atoms with Crippen LogP contribution in [-0.4, -0.2) is 42.2 Å². The predicted molar refractivity (Wildman–Crippen MR) is 117 cm³/mol. The SMILES string of the molecule is CCc1cccc(C(F)(F)F)c1COc1ccc2c(c1)OCC21CCN(CCC(=O)O)CC1. The molecule has 33 heavy (non-hydrogen) atoms. The van der Waals surface area contributed by atoms with Gasteiger partial charge in [0.2, 0.25) is 0 Å². The monoisotopic (exact) mass is 463 g/mol. The van der Waals surface area contributed by atoms with Gasteiger partial charge < -0.3 is 19.5 Å². The Morgan fingerprint density at radius 1 is 1.21 bits per heavy atom. The van der Waals surface area contributed by atoms with Crippen molar-refractivity contribution in [2.45, 2.75) is 50.8 Å². The summed E-state index contributed by atoms with van der Waals surface area (Å²) in [7, 11) is 0. The molecule has 0 aliphatic carbocycles. The van der Waals surface area contributed by atoms with E-state index in [4.69, 9.17) is 14.6 Å². The van der Waals surface area contributed by atoms with E-state index in [-0.39, 0.29) is 24.0 Å². The summed E-state index contributed by atoms with van der Waals surface area (Å²) in [6.07, 6.45) is -2.06. The van der Waals surface area contributed by atoms with E-state index in [1.54, 1.807) is 18.2 Å². The molecule has 178 valence electrons. The van der Waals surface area contributed by atoms with Crippen LogP contribution < -0.4 is 9.47 Å². The molecule has 2 aliphatic heterocycles. The van der Waals surface area contributed by atoms with Crippen LogP contribution in [0.25, 0.3) is 0 Å². The highest BCUT2D eigenvalue weighted by atomic mass is 19.4. The number of halogens is 3. The van der Waals surface area contributed by atoms with E-state index in [1.165, 1.54) is 6.07 Å². The number of piperidine rings is 1. The van der Waals surface area contributed by atoms with Crippen LogP contribution in [0.15, 0.2) is 36.4 Å². The minimum Gasteiger partial charge on any atom is -0.492 e. The lowest BCUT2D eigenvalue weighted by Gasteiger charge is -2.38. The number of fused-ring (bicyclic) bond motifs is 2. The Morgan fingerprint density at radius 3 is 2.64 bits per heavy atom. The fourth-order valence-corrected chi connectivity index (χ4v) is 4.87. The molecule has 2 heterocycles. The van der Waals surface area contributed by atoms with Gasteiger partial charge in [0.25, 0.3) is 0 Å². The zero-order chi connectivity index (χ0) is 23.6. The van der Waals surface area contributed by atoms with Crippen molar-refractivity contribution in [2.24, 2.45) is 0 Å². The molecule has 2 aromatic carbocycles. The van der Waals surface area contributed by atoms with Gasteiger partial charge in [-0.05, 0) is 50.0 Å². The maximum absolute atomic E-state index is 13.5. The summed E-state index contributed by atoms with van der Waals surface area (Å²) in [6, 6.07) is 9.75. The van der Waals surface area contributed by atoms with Crippen molar-refractivity contribution < 1.29 is 32.5 Å². The summed E-state index contributed by atoms with van der Waals surface area (Å²) in [4.78, 5) is 13.0. The second-order valence-corrected chi connectivity index (χ2v) is 8.80. The minimum atomic E-state index is -4.43. The van der Waals surface area contributed by atoms with E-state index >= 15 is 0 Å². The van der Waals surface area contributed by atoms with Crippen molar-refractivity contribution in [1.29, 1.82) is 0 Å². The van der Waals surface area contributed by atoms with E-state index < -0.39 is 17.7 Å². The lowest BCUT2D eigenvalue weighted by molar-refractivity contribution is -0.139. The molecule has 1 fully saturated rings. The number of ether oxygens (including phenoxy) is 2. The molecule has 0 aromatic heterocycles. The molecule has 0 bridgehead atoms. The molecule has 0 radical (unpaired) electrons. The fourth-order valence-electron chi connectivity index (χ4n) is 4.87. The van der Waals surface area contributed by atoms with Crippen LogP contribution in [0.1, 0.15) is 48.4 Å². The number of hydrogen-bond donors (Lipinski definition) is 1. The lowest BCUT2D eigenvalue weighted by atomic mass is 9.74. The molecule has 1 saturated heterocycles. The Hall–Kier alpha value is -2.74. The topological polar surface area (TPSA) is 59.0 Å². The fraction of sp³-hybridized carbons (Fsp3) is 0.480. The van der Waals surface area contributed by atoms with Crippen LogP contribution in [0.4, 0.5) is 13.2 Å². The quantitative estimate of drug-likeness (QED) is 0.623. The van der Waals surface area contributed by atoms with Crippen molar-refractivity contribution in [3.8, 4) is 11.5 Å². The molecule has 0 atom stereocenters. The molecule has 5 nitrogen and oxygen atoms in total. The van der Waals surface area contributed by atoms with Gasteiger partial charge in [-0.1, -0.05) is 25.1 Å². The van der Waals surface area contributed by atoms with E-state index in [1.807, 2.05) is 13.0 Å². The molecular weight excluding hydrogens is 435 g/mol. The maximum Gasteiger partial charge on any atom is 0.416 e. The van der Waals surface area contributed by atoms with Crippen molar-refractivity contribution in [2.75, 3.05) is 26.2 Å². The number of rotatable bonds is 7. The number of benzene rings is 2. The van der Waals surface area contributed by atoms with Crippen LogP contribution in [0.2, 0.25) is 0 Å². The van der Waals surface area contributed by atoms with Gasteiger partial charge in [-0.15, -0.1) is 0 Å². The zero-order valence-electron chi connectivity index (χ0n) is 18.6. The Balaban J connectivity index is 1.46. The second-order valence-electron chi connectivity index (χ2n) is 8.80. The van der Waals surface area contributed by atoms with Gasteiger partial charge in [-0.25, -0.2) is 0 Å². The molecule has 2 aliphatic rings. The van der Waals surface area contributed by atoms with Crippen molar-refractivity contribution in [3.05, 3.63) is 58.7 Å². The van der Waals surface area contributed by atoms with E-state index in [2.05, 4.69) is 4.90 Å². The second kappa shape index (κ2) is 9.25. The maximum atomic E-state index is 13.5. The van der Waals surface area contributed by atoms with E-state index in [0.717, 1.165) is 37.6 Å². The van der Waals surface area contributed by atoms with Gasteiger partial charge in [-0.2, -0.15) is 13.2 Å². The van der Waals surface area contributed by atoms with Crippen LogP contribution in [-0.2, 0) is 29.4 Å². The zero-order valence-corrected chi connectivity index (χ0v) is 18.6. The number of aliphatic carboxylic acids is 1. The predicted octanol–water partition coefficient (Wildman–Crippen LogP) is 5.05. The highest BCUT2D eigenvalue weighted by molar-refractivity contribution is 5.66. The normalized spacial score (nSPS) is 17.6. The summed E-state index contributed by atoms with van der Waals surface area (Å²) in [6.45, 7) is 4.38. The Bertz CT molecular complexity index is 1010. The highest BCUT2D eigenvalue weighted by Gasteiger charge is 2.43. The largest absolute Gasteiger partial charge is 0.492 e. The first-order valence-electron chi connectivity index (χ1n) is 11.2. The standard InChI is InChI=1S/C25H28F3NO4/c1-2-17-4-3-5-20(25(26,27)28)19(17)15-32-18-6-7-21-22(14-18)33-16-24(21)9-12-29(13-10-24)11-8-23(30)31/h3-7,14H,2,8-13,15-16H2,1H3,(H,30,31). The van der Waals surface area contributed by atoms with Gasteiger partial charge in [0.05, 0.1) is 18.6 Å². The summed E-state index contributed by atoms with van der Waals surface area (Å²) in [5.74, 6) is 0.399.